The summed E-state index contributed by atoms with van der Waals surface area (Å²) in [6.45, 7) is 2.72. The molecule has 0 bridgehead atoms. The van der Waals surface area contributed by atoms with E-state index in [4.69, 9.17) is 18.9 Å². The number of allylic oxidation sites excluding steroid dienone is 15. The standard InChI is InChI=1S/C92H165NO13/c1-3-5-7-9-11-13-15-17-19-21-23-25-27-29-31-33-35-36-37-38-39-40-41-42-43-44-46-48-50-52-54-56-58-60-62-64-66-68-70-72-74-76-84(97)93-80(79-103-91-89(102)87(100)90(83(78-95)105-91)106-92-88(101)86(99)85(98)82(77-94)104-92)81(96)75-73-71-69-67-65-63-61-59-57-55-53-51-49-47-45-34-32-30-28-26-24-22-20-18-16-14-12-10-8-6-4-2/h5,7,11,13,17,19,23,25,29,31,35-36,65,67,73,75,80-83,85-92,94-96,98-102H,3-4,6,8-10,12,14-16,18,20-22,24,26-28,30,32-34,37-64,66,68-72,74,76-79H2,1-2H3,(H,93,97)/b7-5-,13-11-,19-17-,25-23-,31-29-,36-35-,67-65+,75-73+. The van der Waals surface area contributed by atoms with Gasteiger partial charge in [-0.2, -0.15) is 0 Å². The van der Waals surface area contributed by atoms with E-state index in [1.807, 2.05) is 6.08 Å². The van der Waals surface area contributed by atoms with E-state index in [0.29, 0.717) is 12.8 Å². The van der Waals surface area contributed by atoms with Gasteiger partial charge in [-0.25, -0.2) is 0 Å². The Balaban J connectivity index is 1.57. The quantitative estimate of drug-likeness (QED) is 0.0204. The van der Waals surface area contributed by atoms with Gasteiger partial charge in [0.25, 0.3) is 0 Å². The van der Waals surface area contributed by atoms with Gasteiger partial charge in [0.1, 0.15) is 48.8 Å². The topological polar surface area (TPSA) is 228 Å². The van der Waals surface area contributed by atoms with Gasteiger partial charge in [-0.3, -0.25) is 4.79 Å². The van der Waals surface area contributed by atoms with E-state index in [2.05, 4.69) is 104 Å². The zero-order valence-electron chi connectivity index (χ0n) is 67.9. The van der Waals surface area contributed by atoms with Crippen molar-refractivity contribution in [2.75, 3.05) is 19.8 Å². The lowest BCUT2D eigenvalue weighted by atomic mass is 9.97. The van der Waals surface area contributed by atoms with Crippen LogP contribution in [0.5, 0.6) is 0 Å². The van der Waals surface area contributed by atoms with E-state index in [1.165, 1.54) is 283 Å². The maximum Gasteiger partial charge on any atom is 0.220 e. The van der Waals surface area contributed by atoms with Crippen LogP contribution < -0.4 is 5.32 Å². The van der Waals surface area contributed by atoms with Crippen molar-refractivity contribution in [3.8, 4) is 0 Å². The average Bonchev–Trinajstić information content (AvgIpc) is 0.790. The van der Waals surface area contributed by atoms with Crippen molar-refractivity contribution in [3.63, 3.8) is 0 Å². The van der Waals surface area contributed by atoms with Crippen molar-refractivity contribution in [1.82, 2.24) is 5.32 Å². The van der Waals surface area contributed by atoms with Gasteiger partial charge in [0.15, 0.2) is 12.6 Å². The average molecular weight is 1490 g/mol. The number of ether oxygens (including phenoxy) is 4. The van der Waals surface area contributed by atoms with Gasteiger partial charge < -0.3 is 65.1 Å². The molecule has 2 saturated heterocycles. The van der Waals surface area contributed by atoms with Crippen LogP contribution in [0.2, 0.25) is 0 Å². The third kappa shape index (κ3) is 56.2. The first-order valence-electron chi connectivity index (χ1n) is 44.5. The molecule has 9 N–H and O–H groups in total. The molecule has 0 aromatic carbocycles. The third-order valence-electron chi connectivity index (χ3n) is 21.3. The van der Waals surface area contributed by atoms with Gasteiger partial charge in [-0.05, 0) is 83.5 Å². The van der Waals surface area contributed by atoms with Gasteiger partial charge in [-0.1, -0.05) is 394 Å². The minimum absolute atomic E-state index is 0.244. The van der Waals surface area contributed by atoms with Crippen LogP contribution in [0, 0.1) is 0 Å². The van der Waals surface area contributed by atoms with Crippen LogP contribution in [0.25, 0.3) is 0 Å². The molecule has 106 heavy (non-hydrogen) atoms. The summed E-state index contributed by atoms with van der Waals surface area (Å²) < 4.78 is 22.9. The number of rotatable bonds is 75. The van der Waals surface area contributed by atoms with E-state index >= 15 is 0 Å². The van der Waals surface area contributed by atoms with E-state index < -0.39 is 86.8 Å². The second kappa shape index (κ2) is 74.6. The normalized spacial score (nSPS) is 21.8. The van der Waals surface area contributed by atoms with Gasteiger partial charge >= 0.3 is 0 Å². The molecule has 2 aliphatic rings. The lowest BCUT2D eigenvalue weighted by Gasteiger charge is -2.46. The zero-order valence-corrected chi connectivity index (χ0v) is 67.9. The fraction of sp³-hybridized carbons (Fsp3) is 0.815. The first-order valence-corrected chi connectivity index (χ1v) is 44.5. The minimum Gasteiger partial charge on any atom is -0.394 e. The molecule has 0 aromatic rings. The van der Waals surface area contributed by atoms with Crippen molar-refractivity contribution < 1.29 is 64.6 Å². The SMILES string of the molecule is CC/C=C\C/C=C\C/C=C\C/C=C\C/C=C\C/C=C\CCCCCCCCCCCCCCCCCCCCCCCCC(=O)NC(COC1OC(CO)C(OC2OC(CO)C(O)C(O)C2O)C(O)C1O)C(O)/C=C/CC/C=C/CCCCCCCCCCCCCCCCCCCCCCCCCCC. The smallest absolute Gasteiger partial charge is 0.220 e. The van der Waals surface area contributed by atoms with Crippen molar-refractivity contribution in [2.45, 2.75) is 460 Å². The number of aliphatic hydroxyl groups is 8. The number of aliphatic hydroxyl groups excluding tert-OH is 8. The Kier molecular flexibility index (Phi) is 69.7. The molecule has 2 rings (SSSR count). The molecule has 0 aliphatic carbocycles. The molecule has 1 amide bonds. The molecule has 14 heteroatoms. The molecule has 0 aromatic heterocycles. The lowest BCUT2D eigenvalue weighted by Crippen LogP contribution is -2.65. The summed E-state index contributed by atoms with van der Waals surface area (Å²) in [5, 5.41) is 87.8. The van der Waals surface area contributed by atoms with Gasteiger partial charge in [-0.15, -0.1) is 0 Å². The van der Waals surface area contributed by atoms with Crippen LogP contribution in [0.3, 0.4) is 0 Å². The van der Waals surface area contributed by atoms with Crippen LogP contribution in [-0.2, 0) is 23.7 Å². The van der Waals surface area contributed by atoms with Gasteiger partial charge in [0.2, 0.25) is 5.91 Å². The predicted octanol–water partition coefficient (Wildman–Crippen LogP) is 21.6. The highest BCUT2D eigenvalue weighted by Gasteiger charge is 2.51. The van der Waals surface area contributed by atoms with Crippen molar-refractivity contribution in [1.29, 1.82) is 0 Å². The van der Waals surface area contributed by atoms with E-state index in [1.54, 1.807) is 6.08 Å². The summed E-state index contributed by atoms with van der Waals surface area (Å²) in [6, 6.07) is -0.936. The minimum atomic E-state index is -1.79. The highest BCUT2D eigenvalue weighted by atomic mass is 16.7. The van der Waals surface area contributed by atoms with Crippen molar-refractivity contribution in [3.05, 3.63) is 97.2 Å². The number of nitrogens with one attached hydrogen (secondary N) is 1. The van der Waals surface area contributed by atoms with Crippen molar-refractivity contribution in [2.24, 2.45) is 0 Å². The van der Waals surface area contributed by atoms with E-state index in [9.17, 15) is 45.6 Å². The summed E-state index contributed by atoms with van der Waals surface area (Å²) in [5.74, 6) is -0.244. The fourth-order valence-electron chi connectivity index (χ4n) is 14.3. The molecule has 2 aliphatic heterocycles. The summed E-state index contributed by atoms with van der Waals surface area (Å²) in [5.41, 5.74) is 0. The fourth-order valence-corrected chi connectivity index (χ4v) is 14.3. The number of carbonyl (C=O) groups is 1. The lowest BCUT2D eigenvalue weighted by molar-refractivity contribution is -0.359. The largest absolute Gasteiger partial charge is 0.394 e. The summed E-state index contributed by atoms with van der Waals surface area (Å²) in [4.78, 5) is 13.4. The Labute approximate surface area is 649 Å². The Hall–Kier alpha value is -3.09. The number of amides is 1. The third-order valence-corrected chi connectivity index (χ3v) is 21.3. The molecule has 12 atom stereocenters. The molecule has 0 saturated carbocycles. The first kappa shape index (κ1) is 99.0. The molecule has 2 fully saturated rings. The molecule has 2 heterocycles. The molecule has 0 spiro atoms. The van der Waals surface area contributed by atoms with E-state index in [-0.39, 0.29) is 18.9 Å². The predicted molar refractivity (Wildman–Crippen MR) is 443 cm³/mol. The highest BCUT2D eigenvalue weighted by molar-refractivity contribution is 5.76. The zero-order chi connectivity index (χ0) is 76.5. The second-order valence-corrected chi connectivity index (χ2v) is 31.0. The summed E-state index contributed by atoms with van der Waals surface area (Å²) in [6.07, 6.45) is 90.9. The highest BCUT2D eigenvalue weighted by Crippen LogP contribution is 2.30. The summed E-state index contributed by atoms with van der Waals surface area (Å²) >= 11 is 0. The number of unbranched alkanes of at least 4 members (excludes halogenated alkanes) is 48. The first-order chi connectivity index (χ1) is 52.1. The maximum atomic E-state index is 13.4. The van der Waals surface area contributed by atoms with Crippen LogP contribution in [0.4, 0.5) is 0 Å². The van der Waals surface area contributed by atoms with Gasteiger partial charge in [0.05, 0.1) is 32.0 Å². The molecular formula is C92H165NO13. The molecule has 0 radical (unpaired) electrons. The Morgan fingerprint density at radius 3 is 1.04 bits per heavy atom. The van der Waals surface area contributed by atoms with Crippen molar-refractivity contribution >= 4 is 5.91 Å². The Bertz CT molecular complexity index is 2160. The van der Waals surface area contributed by atoms with Crippen LogP contribution in [-0.4, -0.2) is 140 Å². The maximum absolute atomic E-state index is 13.4. The molecule has 616 valence electrons. The van der Waals surface area contributed by atoms with Crippen LogP contribution in [0.15, 0.2) is 97.2 Å². The number of carbonyl (C=O) groups excluding carboxylic acids is 1. The second-order valence-electron chi connectivity index (χ2n) is 31.0. The molecule has 14 nitrogen and oxygen atoms in total. The monoisotopic (exact) mass is 1490 g/mol. The van der Waals surface area contributed by atoms with Gasteiger partial charge in [0, 0.05) is 6.42 Å². The molecular weight excluding hydrogens is 1330 g/mol. The van der Waals surface area contributed by atoms with Crippen LogP contribution >= 0.6 is 0 Å². The Morgan fingerprint density at radius 2 is 0.660 bits per heavy atom. The number of hydrogen-bond acceptors (Lipinski definition) is 13. The molecule has 12 unspecified atom stereocenters. The Morgan fingerprint density at radius 1 is 0.349 bits per heavy atom. The summed E-state index contributed by atoms with van der Waals surface area (Å²) in [7, 11) is 0. The van der Waals surface area contributed by atoms with Crippen LogP contribution in [0.1, 0.15) is 386 Å². The number of hydrogen-bond donors (Lipinski definition) is 9. The van der Waals surface area contributed by atoms with E-state index in [0.717, 1.165) is 70.6 Å².